The predicted molar refractivity (Wildman–Crippen MR) is 84.2 cm³/mol. The number of aromatic nitrogens is 1. The second-order valence-corrected chi connectivity index (χ2v) is 5.45. The van der Waals surface area contributed by atoms with Crippen LogP contribution in [0.5, 0.6) is 5.75 Å². The largest absolute Gasteiger partial charge is 0.496 e. The van der Waals surface area contributed by atoms with Crippen LogP contribution in [0.15, 0.2) is 34.9 Å². The Bertz CT molecular complexity index is 679. The van der Waals surface area contributed by atoms with Gasteiger partial charge in [0.1, 0.15) is 17.1 Å². The van der Waals surface area contributed by atoms with Crippen LogP contribution in [0.1, 0.15) is 15.9 Å². The zero-order valence-corrected chi connectivity index (χ0v) is 13.4. The van der Waals surface area contributed by atoms with Crippen LogP contribution in [0.2, 0.25) is 5.02 Å². The Morgan fingerprint density at radius 2 is 2.29 bits per heavy atom. The van der Waals surface area contributed by atoms with E-state index < -0.39 is 5.97 Å². The highest BCUT2D eigenvalue weighted by molar-refractivity contribution is 9.10. The molecule has 7 heteroatoms. The number of hydrogen-bond donors (Lipinski definition) is 2. The molecule has 1 aromatic heterocycles. The summed E-state index contributed by atoms with van der Waals surface area (Å²) in [4.78, 5) is 15.3. The van der Waals surface area contributed by atoms with Crippen LogP contribution in [0.3, 0.4) is 0 Å². The van der Waals surface area contributed by atoms with Gasteiger partial charge in [-0.1, -0.05) is 17.7 Å². The number of benzene rings is 1. The van der Waals surface area contributed by atoms with Crippen molar-refractivity contribution in [2.75, 3.05) is 12.4 Å². The molecule has 2 rings (SSSR count). The van der Waals surface area contributed by atoms with Crippen molar-refractivity contribution in [3.8, 4) is 5.75 Å². The number of rotatable bonds is 5. The van der Waals surface area contributed by atoms with Gasteiger partial charge in [-0.25, -0.2) is 9.78 Å². The molecule has 0 unspecified atom stereocenters. The van der Waals surface area contributed by atoms with Crippen LogP contribution in [0.25, 0.3) is 0 Å². The number of hydrogen-bond acceptors (Lipinski definition) is 4. The van der Waals surface area contributed by atoms with Gasteiger partial charge in [-0.15, -0.1) is 0 Å². The Morgan fingerprint density at radius 3 is 2.95 bits per heavy atom. The maximum absolute atomic E-state index is 11.2. The summed E-state index contributed by atoms with van der Waals surface area (Å²) >= 11 is 9.34. The van der Waals surface area contributed by atoms with Gasteiger partial charge >= 0.3 is 5.97 Å². The van der Waals surface area contributed by atoms with Crippen molar-refractivity contribution in [3.63, 3.8) is 0 Å². The van der Waals surface area contributed by atoms with E-state index in [0.717, 1.165) is 5.56 Å². The third-order valence-electron chi connectivity index (χ3n) is 2.81. The minimum atomic E-state index is -1.06. The van der Waals surface area contributed by atoms with Gasteiger partial charge in [-0.3, -0.25) is 0 Å². The molecule has 2 N–H and O–H groups in total. The first kappa shape index (κ1) is 15.6. The molecule has 0 radical (unpaired) electrons. The highest BCUT2D eigenvalue weighted by Crippen LogP contribution is 2.27. The molecule has 21 heavy (non-hydrogen) atoms. The summed E-state index contributed by atoms with van der Waals surface area (Å²) in [7, 11) is 1.55. The number of ether oxygens (including phenoxy) is 1. The molecule has 110 valence electrons. The molecular formula is C14H12BrClN2O3. The van der Waals surface area contributed by atoms with Crippen molar-refractivity contribution in [1.29, 1.82) is 0 Å². The van der Waals surface area contributed by atoms with Gasteiger partial charge < -0.3 is 15.2 Å². The number of carboxylic acid groups (broad SMARTS) is 1. The van der Waals surface area contributed by atoms with E-state index in [9.17, 15) is 9.90 Å². The average Bonchev–Trinajstić information content (AvgIpc) is 2.46. The van der Waals surface area contributed by atoms with E-state index in [1.54, 1.807) is 25.3 Å². The van der Waals surface area contributed by atoms with E-state index >= 15 is 0 Å². The van der Waals surface area contributed by atoms with Gasteiger partial charge in [-0.2, -0.15) is 0 Å². The Morgan fingerprint density at radius 1 is 1.52 bits per heavy atom. The summed E-state index contributed by atoms with van der Waals surface area (Å²) in [6.45, 7) is 0.303. The van der Waals surface area contributed by atoms with Gasteiger partial charge in [0.2, 0.25) is 0 Å². The fraction of sp³-hybridized carbons (Fsp3) is 0.143. The summed E-state index contributed by atoms with van der Waals surface area (Å²) < 4.78 is 5.84. The number of nitrogens with zero attached hydrogens (tertiary/aromatic N) is 1. The molecular weight excluding hydrogens is 360 g/mol. The zero-order chi connectivity index (χ0) is 15.4. The number of aromatic carboxylic acids is 1. The number of methoxy groups -OCH3 is 1. The quantitative estimate of drug-likeness (QED) is 0.836. The summed E-state index contributed by atoms with van der Waals surface area (Å²) in [5.41, 5.74) is 0.818. The molecule has 0 atom stereocenters. The highest BCUT2D eigenvalue weighted by atomic mass is 79.9. The number of carbonyl (C=O) groups is 1. The lowest BCUT2D eigenvalue weighted by Gasteiger charge is -2.13. The van der Waals surface area contributed by atoms with E-state index in [4.69, 9.17) is 16.3 Å². The van der Waals surface area contributed by atoms with Gasteiger partial charge in [-0.05, 0) is 34.1 Å². The minimum absolute atomic E-state index is 0.0791. The van der Waals surface area contributed by atoms with Crippen LogP contribution in [-0.4, -0.2) is 23.2 Å². The molecule has 2 aromatic rings. The van der Waals surface area contributed by atoms with Crippen LogP contribution in [0, 0.1) is 0 Å². The SMILES string of the molecule is COc1cccc(Cl)c1CNc1ncc(Br)cc1C(=O)O. The number of pyridine rings is 1. The van der Waals surface area contributed by atoms with Gasteiger partial charge in [0.25, 0.3) is 0 Å². The van der Waals surface area contributed by atoms with Gasteiger partial charge in [0, 0.05) is 27.8 Å². The highest BCUT2D eigenvalue weighted by Gasteiger charge is 2.14. The van der Waals surface area contributed by atoms with Gasteiger partial charge in [0.15, 0.2) is 0 Å². The maximum atomic E-state index is 11.2. The lowest BCUT2D eigenvalue weighted by atomic mass is 10.2. The molecule has 0 saturated carbocycles. The number of carboxylic acids is 1. The van der Waals surface area contributed by atoms with Crippen molar-refractivity contribution in [2.24, 2.45) is 0 Å². The minimum Gasteiger partial charge on any atom is -0.496 e. The molecule has 0 aliphatic carbocycles. The lowest BCUT2D eigenvalue weighted by Crippen LogP contribution is -2.09. The second kappa shape index (κ2) is 6.78. The third-order valence-corrected chi connectivity index (χ3v) is 3.60. The Balaban J connectivity index is 2.27. The maximum Gasteiger partial charge on any atom is 0.339 e. The van der Waals surface area contributed by atoms with Crippen LogP contribution in [-0.2, 0) is 6.54 Å². The fourth-order valence-electron chi connectivity index (χ4n) is 1.82. The molecule has 0 spiro atoms. The van der Waals surface area contributed by atoms with Gasteiger partial charge in [0.05, 0.1) is 7.11 Å². The summed E-state index contributed by atoms with van der Waals surface area (Å²) in [5, 5.41) is 12.7. The summed E-state index contributed by atoms with van der Waals surface area (Å²) in [5.74, 6) is -0.158. The molecule has 1 aromatic carbocycles. The molecule has 5 nitrogen and oxygen atoms in total. The van der Waals surface area contributed by atoms with Crippen molar-refractivity contribution in [3.05, 3.63) is 51.1 Å². The first-order valence-electron chi connectivity index (χ1n) is 5.97. The normalized spacial score (nSPS) is 10.2. The number of halogens is 2. The second-order valence-electron chi connectivity index (χ2n) is 4.13. The van der Waals surface area contributed by atoms with E-state index in [1.165, 1.54) is 12.3 Å². The molecule has 0 saturated heterocycles. The Labute approximate surface area is 135 Å². The topological polar surface area (TPSA) is 71.5 Å². The van der Waals surface area contributed by atoms with E-state index in [0.29, 0.717) is 21.8 Å². The smallest absolute Gasteiger partial charge is 0.339 e. The molecule has 0 fully saturated rings. The average molecular weight is 372 g/mol. The van der Waals surface area contributed by atoms with Crippen molar-refractivity contribution < 1.29 is 14.6 Å². The standard InChI is InChI=1S/C14H12BrClN2O3/c1-21-12-4-2-3-11(16)10(12)7-18-13-9(14(19)20)5-8(15)6-17-13/h2-6H,7H2,1H3,(H,17,18)(H,19,20). The third kappa shape index (κ3) is 3.65. The van der Waals surface area contributed by atoms with E-state index in [-0.39, 0.29) is 11.4 Å². The molecule has 0 bridgehead atoms. The number of nitrogens with one attached hydrogen (secondary N) is 1. The zero-order valence-electron chi connectivity index (χ0n) is 11.1. The van der Waals surface area contributed by atoms with E-state index in [1.807, 2.05) is 0 Å². The monoisotopic (exact) mass is 370 g/mol. The van der Waals surface area contributed by atoms with Crippen molar-refractivity contribution in [2.45, 2.75) is 6.54 Å². The van der Waals surface area contributed by atoms with Crippen LogP contribution >= 0.6 is 27.5 Å². The number of anilines is 1. The van der Waals surface area contributed by atoms with Crippen LogP contribution in [0.4, 0.5) is 5.82 Å². The summed E-state index contributed by atoms with van der Waals surface area (Å²) in [6.07, 6.45) is 1.53. The lowest BCUT2D eigenvalue weighted by molar-refractivity contribution is 0.0697. The molecule has 1 heterocycles. The predicted octanol–water partition coefficient (Wildman–Crippen LogP) is 3.82. The summed E-state index contributed by atoms with van der Waals surface area (Å²) in [6, 6.07) is 6.80. The Hall–Kier alpha value is -1.79. The molecule has 0 aliphatic heterocycles. The van der Waals surface area contributed by atoms with E-state index in [2.05, 4.69) is 26.2 Å². The first-order chi connectivity index (χ1) is 10.0. The fourth-order valence-corrected chi connectivity index (χ4v) is 2.38. The molecule has 0 amide bonds. The first-order valence-corrected chi connectivity index (χ1v) is 7.14. The van der Waals surface area contributed by atoms with Crippen LogP contribution < -0.4 is 10.1 Å². The molecule has 0 aliphatic rings. The van der Waals surface area contributed by atoms with Crippen molar-refractivity contribution >= 4 is 39.3 Å². The van der Waals surface area contributed by atoms with Crippen molar-refractivity contribution in [1.82, 2.24) is 4.98 Å². The Kier molecular flexibility index (Phi) is 5.03.